The van der Waals surface area contributed by atoms with Gasteiger partial charge in [0.05, 0.1) is 16.6 Å². The number of hydrogen-bond acceptors (Lipinski definition) is 4. The summed E-state index contributed by atoms with van der Waals surface area (Å²) in [7, 11) is -4.34. The summed E-state index contributed by atoms with van der Waals surface area (Å²) >= 11 is 5.96. The monoisotopic (exact) mass is 575 g/mol. The molecule has 0 saturated carbocycles. The maximum Gasteiger partial charge on any atom is 0.264 e. The van der Waals surface area contributed by atoms with E-state index in [9.17, 15) is 17.6 Å². The predicted molar refractivity (Wildman–Crippen MR) is 149 cm³/mol. The van der Waals surface area contributed by atoms with Crippen LogP contribution in [0, 0.1) is 11.6 Å². The van der Waals surface area contributed by atoms with Gasteiger partial charge in [-0.15, -0.1) is 0 Å². The van der Waals surface area contributed by atoms with E-state index >= 15 is 4.39 Å². The van der Waals surface area contributed by atoms with E-state index in [1.807, 2.05) is 6.07 Å². The summed E-state index contributed by atoms with van der Waals surface area (Å²) in [4.78, 5) is 14.7. The van der Waals surface area contributed by atoms with Crippen molar-refractivity contribution in [1.82, 2.24) is 10.2 Å². The summed E-state index contributed by atoms with van der Waals surface area (Å²) in [5, 5.41) is 3.29. The number of carbonyl (C=O) groups excluding carboxylic acids is 1. The molecule has 208 valence electrons. The van der Waals surface area contributed by atoms with E-state index in [2.05, 4.69) is 10.2 Å². The van der Waals surface area contributed by atoms with Crippen molar-refractivity contribution < 1.29 is 22.0 Å². The highest BCUT2D eigenvalue weighted by Crippen LogP contribution is 2.37. The average Bonchev–Trinajstić information content (AvgIpc) is 3.43. The van der Waals surface area contributed by atoms with Gasteiger partial charge in [-0.05, 0) is 86.8 Å². The van der Waals surface area contributed by atoms with Crippen molar-refractivity contribution >= 4 is 33.2 Å². The minimum Gasteiger partial charge on any atom is -0.355 e. The summed E-state index contributed by atoms with van der Waals surface area (Å²) in [5.74, 6) is -1.75. The summed E-state index contributed by atoms with van der Waals surface area (Å²) in [6.07, 6.45) is 2.94. The Morgan fingerprint density at radius 1 is 1.05 bits per heavy atom. The van der Waals surface area contributed by atoms with Crippen molar-refractivity contribution in [3.8, 4) is 0 Å². The standard InChI is InChI=1S/C29H32ClF2N3O3S/c1-21(26-7-3-2-6-22(26)8-15-29(36)33-16-19-34-17-4-5-18-34)35(28-20-24(31)11-14-27(28)32)39(37,38)25-12-9-23(30)10-13-25/h2-3,6-7,9-14,20-21H,4-5,8,15-19H2,1H3,(H,33,36)/t21-/m1/s1. The van der Waals surface area contributed by atoms with E-state index in [0.29, 0.717) is 23.6 Å². The first-order valence-electron chi connectivity index (χ1n) is 13.0. The van der Waals surface area contributed by atoms with Crippen molar-refractivity contribution in [2.75, 3.05) is 30.5 Å². The maximum absolute atomic E-state index is 15.0. The summed E-state index contributed by atoms with van der Waals surface area (Å²) in [5.41, 5.74) is 0.920. The van der Waals surface area contributed by atoms with Gasteiger partial charge in [0, 0.05) is 30.6 Å². The molecular formula is C29H32ClF2N3O3S. The largest absolute Gasteiger partial charge is 0.355 e. The summed E-state index contributed by atoms with van der Waals surface area (Å²) < 4.78 is 57.9. The van der Waals surface area contributed by atoms with Crippen molar-refractivity contribution in [3.05, 3.63) is 94.5 Å². The molecule has 3 aromatic carbocycles. The van der Waals surface area contributed by atoms with Crippen LogP contribution in [0.2, 0.25) is 5.02 Å². The molecule has 0 unspecified atom stereocenters. The summed E-state index contributed by atoms with van der Waals surface area (Å²) in [6.45, 7) is 5.12. The van der Waals surface area contributed by atoms with Crippen LogP contribution >= 0.6 is 11.6 Å². The first-order chi connectivity index (χ1) is 18.7. The second-order valence-corrected chi connectivity index (χ2v) is 11.9. The van der Waals surface area contributed by atoms with Crippen molar-refractivity contribution in [2.45, 2.75) is 43.5 Å². The Kier molecular flexibility index (Phi) is 9.58. The van der Waals surface area contributed by atoms with Crippen LogP contribution in [0.5, 0.6) is 0 Å². The Balaban J connectivity index is 1.60. The fourth-order valence-electron chi connectivity index (χ4n) is 4.91. The molecule has 1 amide bonds. The number of nitrogens with one attached hydrogen (secondary N) is 1. The van der Waals surface area contributed by atoms with Crippen LogP contribution in [0.3, 0.4) is 0 Å². The lowest BCUT2D eigenvalue weighted by Gasteiger charge is -2.32. The fourth-order valence-corrected chi connectivity index (χ4v) is 6.67. The SMILES string of the molecule is C[C@H](c1ccccc1CCC(=O)NCCN1CCCC1)N(c1cc(F)ccc1F)S(=O)(=O)c1ccc(Cl)cc1. The van der Waals surface area contributed by atoms with Gasteiger partial charge in [0.2, 0.25) is 5.91 Å². The van der Waals surface area contributed by atoms with Crippen LogP contribution < -0.4 is 9.62 Å². The summed E-state index contributed by atoms with van der Waals surface area (Å²) in [6, 6.07) is 14.4. The Bertz CT molecular complexity index is 1400. The van der Waals surface area contributed by atoms with Gasteiger partial charge in [-0.3, -0.25) is 9.10 Å². The Labute approximate surface area is 233 Å². The van der Waals surface area contributed by atoms with E-state index in [1.165, 1.54) is 37.1 Å². The molecule has 1 heterocycles. The van der Waals surface area contributed by atoms with Gasteiger partial charge in [0.1, 0.15) is 11.6 Å². The topological polar surface area (TPSA) is 69.7 Å². The lowest BCUT2D eigenvalue weighted by molar-refractivity contribution is -0.121. The molecule has 0 spiro atoms. The zero-order valence-corrected chi connectivity index (χ0v) is 23.3. The highest BCUT2D eigenvalue weighted by atomic mass is 35.5. The molecule has 1 N–H and O–H groups in total. The molecule has 39 heavy (non-hydrogen) atoms. The number of amides is 1. The van der Waals surface area contributed by atoms with Crippen molar-refractivity contribution in [3.63, 3.8) is 0 Å². The van der Waals surface area contributed by atoms with Gasteiger partial charge in [0.15, 0.2) is 0 Å². The first kappa shape index (κ1) is 29.0. The highest BCUT2D eigenvalue weighted by Gasteiger charge is 2.33. The number of rotatable bonds is 11. The van der Waals surface area contributed by atoms with Crippen LogP contribution in [0.1, 0.15) is 43.4 Å². The molecule has 1 fully saturated rings. The number of aryl methyl sites for hydroxylation is 1. The molecule has 0 aromatic heterocycles. The predicted octanol–water partition coefficient (Wildman–Crippen LogP) is 5.72. The molecule has 1 aliphatic rings. The quantitative estimate of drug-likeness (QED) is 0.317. The van der Waals surface area contributed by atoms with Gasteiger partial charge in [-0.1, -0.05) is 35.9 Å². The lowest BCUT2D eigenvalue weighted by atomic mass is 9.97. The highest BCUT2D eigenvalue weighted by molar-refractivity contribution is 7.92. The number of carbonyl (C=O) groups is 1. The van der Waals surface area contributed by atoms with Crippen LogP contribution in [0.15, 0.2) is 71.6 Å². The molecule has 1 atom stereocenters. The van der Waals surface area contributed by atoms with E-state index in [1.54, 1.807) is 25.1 Å². The molecule has 4 rings (SSSR count). The third kappa shape index (κ3) is 7.15. The Hall–Kier alpha value is -3.01. The third-order valence-corrected chi connectivity index (χ3v) is 9.09. The van der Waals surface area contributed by atoms with Crippen LogP contribution in [-0.2, 0) is 21.2 Å². The van der Waals surface area contributed by atoms with E-state index < -0.39 is 33.4 Å². The van der Waals surface area contributed by atoms with E-state index in [0.717, 1.165) is 47.7 Å². The van der Waals surface area contributed by atoms with Gasteiger partial charge in [-0.2, -0.15) is 0 Å². The van der Waals surface area contributed by atoms with Gasteiger partial charge in [0.25, 0.3) is 10.0 Å². The van der Waals surface area contributed by atoms with Gasteiger partial charge >= 0.3 is 0 Å². The molecule has 0 aliphatic carbocycles. The Morgan fingerprint density at radius 3 is 2.46 bits per heavy atom. The number of anilines is 1. The lowest BCUT2D eigenvalue weighted by Crippen LogP contribution is -2.35. The molecule has 0 bridgehead atoms. The zero-order chi connectivity index (χ0) is 28.0. The molecule has 10 heteroatoms. The smallest absolute Gasteiger partial charge is 0.264 e. The van der Waals surface area contributed by atoms with Crippen LogP contribution in [0.4, 0.5) is 14.5 Å². The minimum absolute atomic E-state index is 0.0986. The second kappa shape index (κ2) is 12.9. The average molecular weight is 576 g/mol. The van der Waals surface area contributed by atoms with Gasteiger partial charge < -0.3 is 10.2 Å². The van der Waals surface area contributed by atoms with Crippen LogP contribution in [-0.4, -0.2) is 45.4 Å². The van der Waals surface area contributed by atoms with Crippen LogP contribution in [0.25, 0.3) is 0 Å². The molecule has 1 aliphatic heterocycles. The van der Waals surface area contributed by atoms with Crippen molar-refractivity contribution in [1.29, 1.82) is 0 Å². The normalized spacial score (nSPS) is 14.8. The maximum atomic E-state index is 15.0. The van der Waals surface area contributed by atoms with Crippen molar-refractivity contribution in [2.24, 2.45) is 0 Å². The Morgan fingerprint density at radius 2 is 1.74 bits per heavy atom. The molecule has 6 nitrogen and oxygen atoms in total. The van der Waals surface area contributed by atoms with E-state index in [4.69, 9.17) is 11.6 Å². The van der Waals surface area contributed by atoms with E-state index in [-0.39, 0.29) is 17.2 Å². The van der Waals surface area contributed by atoms with Gasteiger partial charge in [-0.25, -0.2) is 17.2 Å². The number of sulfonamides is 1. The number of halogens is 3. The number of hydrogen-bond donors (Lipinski definition) is 1. The molecule has 3 aromatic rings. The molecule has 0 radical (unpaired) electrons. The first-order valence-corrected chi connectivity index (χ1v) is 14.8. The minimum atomic E-state index is -4.34. The molecule has 1 saturated heterocycles. The zero-order valence-electron chi connectivity index (χ0n) is 21.7. The fraction of sp³-hybridized carbons (Fsp3) is 0.345. The number of benzene rings is 3. The number of nitrogens with zero attached hydrogens (tertiary/aromatic N) is 2. The number of likely N-dealkylation sites (tertiary alicyclic amines) is 1. The molecular weight excluding hydrogens is 544 g/mol. The third-order valence-electron chi connectivity index (χ3n) is 6.94. The second-order valence-electron chi connectivity index (χ2n) is 9.62.